The number of Topliss-reactive ketones (excluding diaryl/α,β-unsaturated/α-hetero) is 1. The number of hydrogen-bond donors (Lipinski definition) is 1. The average Bonchev–Trinajstić information content (AvgIpc) is 2.36. The van der Waals surface area contributed by atoms with E-state index < -0.39 is 0 Å². The summed E-state index contributed by atoms with van der Waals surface area (Å²) in [5.41, 5.74) is 8.26. The molecule has 0 aromatic heterocycles. The van der Waals surface area contributed by atoms with Crippen LogP contribution < -0.4 is 5.73 Å². The van der Waals surface area contributed by atoms with E-state index in [2.05, 4.69) is 39.8 Å². The number of carbonyl (C=O) groups is 1. The van der Waals surface area contributed by atoms with E-state index in [-0.39, 0.29) is 5.41 Å². The molecule has 20 heavy (non-hydrogen) atoms. The largest absolute Gasteiger partial charge is 0.330 e. The van der Waals surface area contributed by atoms with Crippen molar-refractivity contribution in [1.82, 2.24) is 0 Å². The fourth-order valence-electron chi connectivity index (χ4n) is 2.57. The third-order valence-corrected chi connectivity index (χ3v) is 4.03. The minimum Gasteiger partial charge on any atom is -0.330 e. The third-order valence-electron chi connectivity index (χ3n) is 4.03. The molecule has 2 nitrogen and oxygen atoms in total. The lowest BCUT2D eigenvalue weighted by atomic mass is 9.76. The minimum absolute atomic E-state index is 0.226. The van der Waals surface area contributed by atoms with Gasteiger partial charge in [-0.2, -0.15) is 0 Å². The van der Waals surface area contributed by atoms with Gasteiger partial charge in [0.15, 0.2) is 0 Å². The highest BCUT2D eigenvalue weighted by atomic mass is 16.1. The maximum atomic E-state index is 12.1. The fourth-order valence-corrected chi connectivity index (χ4v) is 2.57. The SMILES string of the molecule is Cc1ccc(CC(=O)CCC(CCN)C(C)(C)C)cc1. The molecule has 1 aromatic rings. The van der Waals surface area contributed by atoms with E-state index in [1.165, 1.54) is 5.56 Å². The molecule has 112 valence electrons. The molecule has 2 heteroatoms. The van der Waals surface area contributed by atoms with E-state index in [0.717, 1.165) is 18.4 Å². The van der Waals surface area contributed by atoms with Crippen LogP contribution in [0.4, 0.5) is 0 Å². The monoisotopic (exact) mass is 275 g/mol. The number of aryl methyl sites for hydroxylation is 1. The van der Waals surface area contributed by atoms with E-state index >= 15 is 0 Å². The van der Waals surface area contributed by atoms with Gasteiger partial charge in [0.2, 0.25) is 0 Å². The van der Waals surface area contributed by atoms with Crippen LogP contribution in [0.5, 0.6) is 0 Å². The average molecular weight is 275 g/mol. The lowest BCUT2D eigenvalue weighted by Crippen LogP contribution is -2.24. The topological polar surface area (TPSA) is 43.1 Å². The molecule has 1 atom stereocenters. The summed E-state index contributed by atoms with van der Waals surface area (Å²) < 4.78 is 0. The van der Waals surface area contributed by atoms with Crippen LogP contribution in [0.25, 0.3) is 0 Å². The molecule has 0 amide bonds. The van der Waals surface area contributed by atoms with Crippen LogP contribution in [-0.4, -0.2) is 12.3 Å². The van der Waals surface area contributed by atoms with Gasteiger partial charge in [-0.15, -0.1) is 0 Å². The molecule has 0 heterocycles. The van der Waals surface area contributed by atoms with Crippen molar-refractivity contribution in [3.8, 4) is 0 Å². The Balaban J connectivity index is 2.47. The molecule has 1 rings (SSSR count). The van der Waals surface area contributed by atoms with Crippen molar-refractivity contribution >= 4 is 5.78 Å². The number of rotatable bonds is 7. The summed E-state index contributed by atoms with van der Waals surface area (Å²) in [6.45, 7) is 9.47. The van der Waals surface area contributed by atoms with Crippen molar-refractivity contribution in [2.75, 3.05) is 6.54 Å². The zero-order valence-electron chi connectivity index (χ0n) is 13.4. The van der Waals surface area contributed by atoms with Gasteiger partial charge in [-0.25, -0.2) is 0 Å². The Morgan fingerprint density at radius 2 is 1.75 bits per heavy atom. The van der Waals surface area contributed by atoms with Gasteiger partial charge >= 0.3 is 0 Å². The van der Waals surface area contributed by atoms with Gasteiger partial charge in [-0.3, -0.25) is 4.79 Å². The van der Waals surface area contributed by atoms with Crippen molar-refractivity contribution in [2.45, 2.75) is 53.4 Å². The Kier molecular flexibility index (Phi) is 6.41. The molecule has 0 aliphatic heterocycles. The molecule has 0 aliphatic carbocycles. The summed E-state index contributed by atoms with van der Waals surface area (Å²) in [4.78, 5) is 12.1. The van der Waals surface area contributed by atoms with Crippen LogP contribution >= 0.6 is 0 Å². The highest BCUT2D eigenvalue weighted by Gasteiger charge is 2.24. The predicted molar refractivity (Wildman–Crippen MR) is 85.7 cm³/mol. The van der Waals surface area contributed by atoms with E-state index in [4.69, 9.17) is 5.73 Å². The predicted octanol–water partition coefficient (Wildman–Crippen LogP) is 3.90. The molecule has 0 saturated heterocycles. The first kappa shape index (κ1) is 16.9. The first-order valence-electron chi connectivity index (χ1n) is 7.60. The molecule has 0 saturated carbocycles. The number of nitrogens with two attached hydrogens (primary N) is 1. The zero-order chi connectivity index (χ0) is 15.2. The highest BCUT2D eigenvalue weighted by Crippen LogP contribution is 2.32. The number of ketones is 1. The second-order valence-electron chi connectivity index (χ2n) is 6.88. The quantitative estimate of drug-likeness (QED) is 0.820. The Morgan fingerprint density at radius 1 is 1.15 bits per heavy atom. The van der Waals surface area contributed by atoms with Crippen molar-refractivity contribution in [3.63, 3.8) is 0 Å². The second kappa shape index (κ2) is 7.58. The van der Waals surface area contributed by atoms with E-state index in [1.54, 1.807) is 0 Å². The minimum atomic E-state index is 0.226. The van der Waals surface area contributed by atoms with Gasteiger partial charge < -0.3 is 5.73 Å². The molecule has 0 bridgehead atoms. The van der Waals surface area contributed by atoms with Gasteiger partial charge in [0.1, 0.15) is 5.78 Å². The maximum absolute atomic E-state index is 12.1. The molecule has 1 aromatic carbocycles. The summed E-state index contributed by atoms with van der Waals surface area (Å²) in [5.74, 6) is 0.856. The highest BCUT2D eigenvalue weighted by molar-refractivity contribution is 5.80. The maximum Gasteiger partial charge on any atom is 0.137 e. The summed E-state index contributed by atoms with van der Waals surface area (Å²) in [7, 11) is 0. The Bertz CT molecular complexity index is 414. The van der Waals surface area contributed by atoms with Gasteiger partial charge in [-0.1, -0.05) is 50.6 Å². The van der Waals surface area contributed by atoms with Gasteiger partial charge in [0, 0.05) is 12.8 Å². The molecule has 0 radical (unpaired) electrons. The number of hydrogen-bond acceptors (Lipinski definition) is 2. The van der Waals surface area contributed by atoms with Gasteiger partial charge in [0.25, 0.3) is 0 Å². The molecule has 2 N–H and O–H groups in total. The van der Waals surface area contributed by atoms with Crippen molar-refractivity contribution in [2.24, 2.45) is 17.1 Å². The first-order valence-corrected chi connectivity index (χ1v) is 7.60. The standard InChI is InChI=1S/C18H29NO/c1-14-5-7-15(8-6-14)13-17(20)10-9-16(11-12-19)18(2,3)4/h5-8,16H,9-13,19H2,1-4H3. The Labute approximate surface area is 123 Å². The lowest BCUT2D eigenvalue weighted by Gasteiger charge is -2.30. The van der Waals surface area contributed by atoms with Crippen LogP contribution in [0.3, 0.4) is 0 Å². The number of benzene rings is 1. The van der Waals surface area contributed by atoms with Crippen molar-refractivity contribution in [3.05, 3.63) is 35.4 Å². The fraction of sp³-hybridized carbons (Fsp3) is 0.611. The summed E-state index contributed by atoms with van der Waals surface area (Å²) in [6.07, 6.45) is 3.17. The van der Waals surface area contributed by atoms with Crippen LogP contribution in [-0.2, 0) is 11.2 Å². The van der Waals surface area contributed by atoms with Crippen LogP contribution in [0.1, 0.15) is 51.2 Å². The Morgan fingerprint density at radius 3 is 2.25 bits per heavy atom. The Hall–Kier alpha value is -1.15. The van der Waals surface area contributed by atoms with E-state index in [9.17, 15) is 4.79 Å². The molecular formula is C18H29NO. The van der Waals surface area contributed by atoms with Crippen LogP contribution in [0.2, 0.25) is 0 Å². The molecule has 0 fully saturated rings. The molecule has 1 unspecified atom stereocenters. The summed E-state index contributed by atoms with van der Waals surface area (Å²) in [5, 5.41) is 0. The van der Waals surface area contributed by atoms with E-state index in [0.29, 0.717) is 31.1 Å². The smallest absolute Gasteiger partial charge is 0.137 e. The van der Waals surface area contributed by atoms with Gasteiger partial charge in [-0.05, 0) is 43.2 Å². The normalized spacial score (nSPS) is 13.2. The molecule has 0 spiro atoms. The van der Waals surface area contributed by atoms with Crippen LogP contribution in [0.15, 0.2) is 24.3 Å². The van der Waals surface area contributed by atoms with Crippen molar-refractivity contribution < 1.29 is 4.79 Å². The first-order chi connectivity index (χ1) is 9.32. The zero-order valence-corrected chi connectivity index (χ0v) is 13.4. The van der Waals surface area contributed by atoms with E-state index in [1.807, 2.05) is 12.1 Å². The second-order valence-corrected chi connectivity index (χ2v) is 6.88. The third kappa shape index (κ3) is 5.87. The number of carbonyl (C=O) groups excluding carboxylic acids is 1. The molecule has 0 aliphatic rings. The lowest BCUT2D eigenvalue weighted by molar-refractivity contribution is -0.118. The van der Waals surface area contributed by atoms with Crippen LogP contribution in [0, 0.1) is 18.3 Å². The molecular weight excluding hydrogens is 246 g/mol. The van der Waals surface area contributed by atoms with Gasteiger partial charge in [0.05, 0.1) is 0 Å². The summed E-state index contributed by atoms with van der Waals surface area (Å²) >= 11 is 0. The van der Waals surface area contributed by atoms with Crippen molar-refractivity contribution in [1.29, 1.82) is 0 Å². The summed E-state index contributed by atoms with van der Waals surface area (Å²) in [6, 6.07) is 8.23.